The first-order chi connectivity index (χ1) is 6.77. The van der Waals surface area contributed by atoms with Gasteiger partial charge in [0.1, 0.15) is 11.5 Å². The van der Waals surface area contributed by atoms with Crippen LogP contribution in [0.4, 0.5) is 0 Å². The minimum absolute atomic E-state index is 0.150. The van der Waals surface area contributed by atoms with Crippen LogP contribution in [0.5, 0.6) is 0 Å². The van der Waals surface area contributed by atoms with Gasteiger partial charge in [-0.3, -0.25) is 0 Å². The average Bonchev–Trinajstić information content (AvgIpc) is 2.65. The molecule has 0 aliphatic carbocycles. The van der Waals surface area contributed by atoms with E-state index in [1.54, 1.807) is 0 Å². The molecule has 14 heavy (non-hydrogen) atoms. The highest BCUT2D eigenvalue weighted by Gasteiger charge is 2.12. The van der Waals surface area contributed by atoms with Crippen molar-refractivity contribution in [3.8, 4) is 0 Å². The third kappa shape index (κ3) is 1.90. The molecule has 0 N–H and O–H groups in total. The molecule has 2 aromatic rings. The molecule has 0 radical (unpaired) electrons. The molecular weight excluding hydrogens is 240 g/mol. The van der Waals surface area contributed by atoms with Crippen molar-refractivity contribution in [2.75, 3.05) is 0 Å². The molecule has 72 valence electrons. The quantitative estimate of drug-likeness (QED) is 0.733. The van der Waals surface area contributed by atoms with Crippen molar-refractivity contribution in [3.05, 3.63) is 59.5 Å². The van der Waals surface area contributed by atoms with Gasteiger partial charge in [0.15, 0.2) is 0 Å². The van der Waals surface area contributed by atoms with Crippen molar-refractivity contribution in [2.24, 2.45) is 0 Å². The summed E-state index contributed by atoms with van der Waals surface area (Å²) < 4.78 is 5.55. The van der Waals surface area contributed by atoms with Crippen LogP contribution in [0.3, 0.4) is 0 Å². The number of benzene rings is 1. The van der Waals surface area contributed by atoms with Crippen molar-refractivity contribution in [3.63, 3.8) is 0 Å². The molecule has 0 aliphatic rings. The summed E-state index contributed by atoms with van der Waals surface area (Å²) in [6.45, 7) is 1.95. The van der Waals surface area contributed by atoms with Crippen molar-refractivity contribution >= 4 is 15.9 Å². The van der Waals surface area contributed by atoms with Gasteiger partial charge in [0, 0.05) is 0 Å². The predicted molar refractivity (Wildman–Crippen MR) is 60.7 cm³/mol. The van der Waals surface area contributed by atoms with Crippen LogP contribution >= 0.6 is 15.9 Å². The number of hydrogen-bond donors (Lipinski definition) is 0. The summed E-state index contributed by atoms with van der Waals surface area (Å²) in [5, 5.41) is 0. The summed E-state index contributed by atoms with van der Waals surface area (Å²) in [5.74, 6) is 1.90. The smallest absolute Gasteiger partial charge is 0.122 e. The summed E-state index contributed by atoms with van der Waals surface area (Å²) in [6.07, 6.45) is 0. The summed E-state index contributed by atoms with van der Waals surface area (Å²) >= 11 is 3.61. The topological polar surface area (TPSA) is 13.1 Å². The van der Waals surface area contributed by atoms with E-state index < -0.39 is 0 Å². The summed E-state index contributed by atoms with van der Waals surface area (Å²) in [6, 6.07) is 14.2. The largest absolute Gasteiger partial charge is 0.465 e. The fourth-order valence-electron chi connectivity index (χ4n) is 1.38. The third-order valence-electron chi connectivity index (χ3n) is 2.10. The number of rotatable bonds is 2. The zero-order valence-corrected chi connectivity index (χ0v) is 9.49. The first kappa shape index (κ1) is 9.53. The molecule has 2 rings (SSSR count). The first-order valence-electron chi connectivity index (χ1n) is 4.53. The van der Waals surface area contributed by atoms with Gasteiger partial charge >= 0.3 is 0 Å². The van der Waals surface area contributed by atoms with E-state index in [1.807, 2.05) is 37.3 Å². The van der Waals surface area contributed by atoms with E-state index in [0.717, 1.165) is 11.5 Å². The van der Waals surface area contributed by atoms with E-state index in [4.69, 9.17) is 4.42 Å². The Labute approximate surface area is 91.9 Å². The Morgan fingerprint density at radius 2 is 1.79 bits per heavy atom. The van der Waals surface area contributed by atoms with E-state index in [-0.39, 0.29) is 4.83 Å². The van der Waals surface area contributed by atoms with Crippen molar-refractivity contribution in [2.45, 2.75) is 11.8 Å². The van der Waals surface area contributed by atoms with Gasteiger partial charge in [-0.2, -0.15) is 0 Å². The lowest BCUT2D eigenvalue weighted by molar-refractivity contribution is 0.492. The molecule has 0 amide bonds. The monoisotopic (exact) mass is 250 g/mol. The lowest BCUT2D eigenvalue weighted by atomic mass is 10.1. The van der Waals surface area contributed by atoms with Crippen LogP contribution in [0.25, 0.3) is 0 Å². The standard InChI is InChI=1S/C12H11BrO/c1-9-7-8-11(14-9)12(13)10-5-3-2-4-6-10/h2-8,12H,1H3. The van der Waals surface area contributed by atoms with Gasteiger partial charge in [-0.25, -0.2) is 0 Å². The highest BCUT2D eigenvalue weighted by molar-refractivity contribution is 9.09. The molecular formula is C12H11BrO. The maximum Gasteiger partial charge on any atom is 0.122 e. The first-order valence-corrected chi connectivity index (χ1v) is 5.44. The maximum atomic E-state index is 5.55. The number of aryl methyl sites for hydroxylation is 1. The van der Waals surface area contributed by atoms with Crippen LogP contribution in [0, 0.1) is 6.92 Å². The van der Waals surface area contributed by atoms with Gasteiger partial charge < -0.3 is 4.42 Å². The summed E-state index contributed by atoms with van der Waals surface area (Å²) in [4.78, 5) is 0.150. The maximum absolute atomic E-state index is 5.55. The Bertz CT molecular complexity index is 405. The number of halogens is 1. The second-order valence-electron chi connectivity index (χ2n) is 3.22. The van der Waals surface area contributed by atoms with Crippen LogP contribution in [-0.4, -0.2) is 0 Å². The van der Waals surface area contributed by atoms with Crippen molar-refractivity contribution < 1.29 is 4.42 Å². The van der Waals surface area contributed by atoms with Gasteiger partial charge in [0.25, 0.3) is 0 Å². The van der Waals surface area contributed by atoms with Crippen LogP contribution in [0.2, 0.25) is 0 Å². The Hall–Kier alpha value is -1.02. The van der Waals surface area contributed by atoms with Crippen LogP contribution in [0.15, 0.2) is 46.9 Å². The van der Waals surface area contributed by atoms with Crippen molar-refractivity contribution in [1.82, 2.24) is 0 Å². The fraction of sp³-hybridized carbons (Fsp3) is 0.167. The predicted octanol–water partition coefficient (Wildman–Crippen LogP) is 4.07. The van der Waals surface area contributed by atoms with Crippen LogP contribution < -0.4 is 0 Å². The minimum Gasteiger partial charge on any atom is -0.465 e. The summed E-state index contributed by atoms with van der Waals surface area (Å²) in [7, 11) is 0. The fourth-order valence-corrected chi connectivity index (χ4v) is 1.93. The normalized spacial score (nSPS) is 12.7. The molecule has 0 aliphatic heterocycles. The molecule has 0 saturated carbocycles. The number of hydrogen-bond acceptors (Lipinski definition) is 1. The van der Waals surface area contributed by atoms with E-state index in [1.165, 1.54) is 5.56 Å². The SMILES string of the molecule is Cc1ccc(C(Br)c2ccccc2)o1. The zero-order chi connectivity index (χ0) is 9.97. The number of furan rings is 1. The van der Waals surface area contributed by atoms with Gasteiger partial charge in [-0.05, 0) is 24.6 Å². The highest BCUT2D eigenvalue weighted by atomic mass is 79.9. The molecule has 0 fully saturated rings. The molecule has 0 saturated heterocycles. The molecule has 1 atom stereocenters. The second kappa shape index (κ2) is 4.01. The highest BCUT2D eigenvalue weighted by Crippen LogP contribution is 2.31. The lowest BCUT2D eigenvalue weighted by Gasteiger charge is -2.06. The van der Waals surface area contributed by atoms with E-state index in [9.17, 15) is 0 Å². The van der Waals surface area contributed by atoms with Crippen LogP contribution in [0.1, 0.15) is 21.9 Å². The molecule has 0 bridgehead atoms. The van der Waals surface area contributed by atoms with Gasteiger partial charge in [0.05, 0.1) is 4.83 Å². The van der Waals surface area contributed by atoms with E-state index in [2.05, 4.69) is 28.1 Å². The Morgan fingerprint density at radius 3 is 2.36 bits per heavy atom. The molecule has 1 heterocycles. The van der Waals surface area contributed by atoms with Gasteiger partial charge in [0.2, 0.25) is 0 Å². The van der Waals surface area contributed by atoms with Crippen molar-refractivity contribution in [1.29, 1.82) is 0 Å². The molecule has 0 spiro atoms. The molecule has 1 aromatic carbocycles. The molecule has 1 aromatic heterocycles. The molecule has 1 unspecified atom stereocenters. The average molecular weight is 251 g/mol. The number of alkyl halides is 1. The van der Waals surface area contributed by atoms with Gasteiger partial charge in [-0.15, -0.1) is 0 Å². The third-order valence-corrected chi connectivity index (χ3v) is 3.08. The zero-order valence-electron chi connectivity index (χ0n) is 7.91. The Balaban J connectivity index is 2.29. The Kier molecular flexibility index (Phi) is 2.73. The lowest BCUT2D eigenvalue weighted by Crippen LogP contribution is -1.89. The van der Waals surface area contributed by atoms with Crippen LogP contribution in [-0.2, 0) is 0 Å². The van der Waals surface area contributed by atoms with Gasteiger partial charge in [-0.1, -0.05) is 46.3 Å². The molecule has 1 nitrogen and oxygen atoms in total. The Morgan fingerprint density at radius 1 is 1.07 bits per heavy atom. The minimum atomic E-state index is 0.150. The van der Waals surface area contributed by atoms with E-state index in [0.29, 0.717) is 0 Å². The summed E-state index contributed by atoms with van der Waals surface area (Å²) in [5.41, 5.74) is 1.21. The van der Waals surface area contributed by atoms with E-state index >= 15 is 0 Å². The molecule has 2 heteroatoms. The second-order valence-corrected chi connectivity index (χ2v) is 4.14.